The molecule has 0 heterocycles. The standard InChI is InChI=1S/C21H24O4/c1-13(2)25-19-9-7-16(12-20(19)24-5)11-18(21(22)23)17-8-6-14(3)10-15(17)4/h6-13H,1-5H3,(H,22,23)/b18-11-. The fraction of sp³-hybridized carbons (Fsp3) is 0.286. The lowest BCUT2D eigenvalue weighted by Gasteiger charge is -2.14. The van der Waals surface area contributed by atoms with Crippen molar-refractivity contribution in [2.45, 2.75) is 33.8 Å². The zero-order valence-electron chi connectivity index (χ0n) is 15.3. The summed E-state index contributed by atoms with van der Waals surface area (Å²) in [5, 5.41) is 9.66. The van der Waals surface area contributed by atoms with Gasteiger partial charge in [-0.05, 0) is 62.6 Å². The summed E-state index contributed by atoms with van der Waals surface area (Å²) in [5.41, 5.74) is 3.73. The Kier molecular flexibility index (Phi) is 5.86. The average Bonchev–Trinajstić information content (AvgIpc) is 2.53. The number of methoxy groups -OCH3 is 1. The van der Waals surface area contributed by atoms with E-state index in [4.69, 9.17) is 9.47 Å². The van der Waals surface area contributed by atoms with Crippen LogP contribution in [0.3, 0.4) is 0 Å². The molecule has 4 heteroatoms. The Balaban J connectivity index is 2.49. The molecule has 0 atom stereocenters. The van der Waals surface area contributed by atoms with Gasteiger partial charge in [-0.15, -0.1) is 0 Å². The van der Waals surface area contributed by atoms with Crippen LogP contribution >= 0.6 is 0 Å². The lowest BCUT2D eigenvalue weighted by molar-refractivity contribution is -0.130. The average molecular weight is 340 g/mol. The van der Waals surface area contributed by atoms with Crippen LogP contribution in [0.2, 0.25) is 0 Å². The first-order valence-corrected chi connectivity index (χ1v) is 8.19. The topological polar surface area (TPSA) is 55.8 Å². The number of benzene rings is 2. The molecule has 1 N–H and O–H groups in total. The summed E-state index contributed by atoms with van der Waals surface area (Å²) in [6.07, 6.45) is 1.68. The summed E-state index contributed by atoms with van der Waals surface area (Å²) in [6, 6.07) is 11.1. The second-order valence-electron chi connectivity index (χ2n) is 6.26. The maximum absolute atomic E-state index is 11.8. The summed E-state index contributed by atoms with van der Waals surface area (Å²) in [5.74, 6) is 0.249. The third-order valence-corrected chi connectivity index (χ3v) is 3.76. The third kappa shape index (κ3) is 4.63. The van der Waals surface area contributed by atoms with Gasteiger partial charge in [0, 0.05) is 0 Å². The Bertz CT molecular complexity index is 804. The van der Waals surface area contributed by atoms with Crippen LogP contribution in [0.4, 0.5) is 0 Å². The van der Waals surface area contributed by atoms with Crippen LogP contribution < -0.4 is 9.47 Å². The first-order valence-electron chi connectivity index (χ1n) is 8.19. The van der Waals surface area contributed by atoms with Gasteiger partial charge in [-0.25, -0.2) is 4.79 Å². The normalized spacial score (nSPS) is 11.5. The van der Waals surface area contributed by atoms with E-state index in [0.29, 0.717) is 17.1 Å². The van der Waals surface area contributed by atoms with Crippen LogP contribution in [0.15, 0.2) is 36.4 Å². The molecule has 2 aromatic carbocycles. The Hall–Kier alpha value is -2.75. The molecule has 0 amide bonds. The molecule has 0 spiro atoms. The molecule has 2 aromatic rings. The maximum atomic E-state index is 11.8. The van der Waals surface area contributed by atoms with Gasteiger partial charge in [-0.3, -0.25) is 0 Å². The Labute approximate surface area is 148 Å². The van der Waals surface area contributed by atoms with Crippen molar-refractivity contribution >= 4 is 17.6 Å². The molecule has 0 unspecified atom stereocenters. The highest BCUT2D eigenvalue weighted by Crippen LogP contribution is 2.31. The number of rotatable bonds is 6. The van der Waals surface area contributed by atoms with Gasteiger partial charge in [0.15, 0.2) is 11.5 Å². The SMILES string of the molecule is COc1cc(/C=C(\C(=O)O)c2ccc(C)cc2C)ccc1OC(C)C. The van der Waals surface area contributed by atoms with Gasteiger partial charge in [0.2, 0.25) is 0 Å². The van der Waals surface area contributed by atoms with E-state index in [1.807, 2.05) is 52.0 Å². The van der Waals surface area contributed by atoms with Gasteiger partial charge in [0.1, 0.15) is 0 Å². The van der Waals surface area contributed by atoms with Gasteiger partial charge in [-0.2, -0.15) is 0 Å². The van der Waals surface area contributed by atoms with E-state index >= 15 is 0 Å². The lowest BCUT2D eigenvalue weighted by Crippen LogP contribution is -2.06. The molecule has 0 aliphatic rings. The van der Waals surface area contributed by atoms with Crippen LogP contribution in [0.5, 0.6) is 11.5 Å². The minimum absolute atomic E-state index is 0.0279. The summed E-state index contributed by atoms with van der Waals surface area (Å²) in [6.45, 7) is 7.78. The van der Waals surface area contributed by atoms with E-state index in [-0.39, 0.29) is 11.7 Å². The van der Waals surface area contributed by atoms with Crippen molar-refractivity contribution in [3.8, 4) is 11.5 Å². The fourth-order valence-corrected chi connectivity index (χ4v) is 2.66. The number of aliphatic carboxylic acids is 1. The quantitative estimate of drug-likeness (QED) is 0.610. The van der Waals surface area contributed by atoms with Gasteiger partial charge >= 0.3 is 5.97 Å². The molecule has 0 radical (unpaired) electrons. The van der Waals surface area contributed by atoms with Crippen molar-refractivity contribution in [3.63, 3.8) is 0 Å². The first-order chi connectivity index (χ1) is 11.8. The molecular formula is C21H24O4. The monoisotopic (exact) mass is 340 g/mol. The predicted molar refractivity (Wildman–Crippen MR) is 100 cm³/mol. The molecule has 0 fully saturated rings. The van der Waals surface area contributed by atoms with Crippen molar-refractivity contribution in [3.05, 3.63) is 58.7 Å². The van der Waals surface area contributed by atoms with Crippen molar-refractivity contribution in [2.75, 3.05) is 7.11 Å². The van der Waals surface area contributed by atoms with Gasteiger partial charge in [-0.1, -0.05) is 29.8 Å². The van der Waals surface area contributed by atoms with Crippen molar-refractivity contribution in [2.24, 2.45) is 0 Å². The molecular weight excluding hydrogens is 316 g/mol. The summed E-state index contributed by atoms with van der Waals surface area (Å²) in [4.78, 5) is 11.8. The lowest BCUT2D eigenvalue weighted by atomic mass is 9.97. The Morgan fingerprint density at radius 1 is 1.08 bits per heavy atom. The predicted octanol–water partition coefficient (Wildman–Crippen LogP) is 4.72. The van der Waals surface area contributed by atoms with Gasteiger partial charge in [0.25, 0.3) is 0 Å². The number of carboxylic acids is 1. The molecule has 0 aliphatic heterocycles. The molecule has 0 aliphatic carbocycles. The van der Waals surface area contributed by atoms with Crippen molar-refractivity contribution < 1.29 is 19.4 Å². The van der Waals surface area contributed by atoms with Crippen LogP contribution in [0.1, 0.15) is 36.1 Å². The number of hydrogen-bond donors (Lipinski definition) is 1. The molecule has 132 valence electrons. The zero-order valence-corrected chi connectivity index (χ0v) is 15.3. The molecule has 0 bridgehead atoms. The molecule has 25 heavy (non-hydrogen) atoms. The van der Waals surface area contributed by atoms with Crippen LogP contribution in [-0.2, 0) is 4.79 Å². The summed E-state index contributed by atoms with van der Waals surface area (Å²) in [7, 11) is 1.57. The molecule has 0 aromatic heterocycles. The van der Waals surface area contributed by atoms with Crippen molar-refractivity contribution in [1.82, 2.24) is 0 Å². The molecule has 0 saturated heterocycles. The fourth-order valence-electron chi connectivity index (χ4n) is 2.66. The number of carbonyl (C=O) groups is 1. The largest absolute Gasteiger partial charge is 0.493 e. The summed E-state index contributed by atoms with van der Waals surface area (Å²) >= 11 is 0. The molecule has 4 nitrogen and oxygen atoms in total. The van der Waals surface area contributed by atoms with Gasteiger partial charge < -0.3 is 14.6 Å². The van der Waals surface area contributed by atoms with Crippen LogP contribution in [0.25, 0.3) is 11.6 Å². The second kappa shape index (κ2) is 7.88. The van der Waals surface area contributed by atoms with E-state index in [1.54, 1.807) is 25.3 Å². The number of carboxylic acid groups (broad SMARTS) is 1. The molecule has 2 rings (SSSR count). The Morgan fingerprint density at radius 2 is 1.80 bits per heavy atom. The number of ether oxygens (including phenoxy) is 2. The van der Waals surface area contributed by atoms with E-state index < -0.39 is 5.97 Å². The highest BCUT2D eigenvalue weighted by atomic mass is 16.5. The minimum atomic E-state index is -0.964. The molecule has 0 saturated carbocycles. The van der Waals surface area contributed by atoms with Crippen LogP contribution in [0, 0.1) is 13.8 Å². The minimum Gasteiger partial charge on any atom is -0.493 e. The summed E-state index contributed by atoms with van der Waals surface area (Å²) < 4.78 is 11.1. The Morgan fingerprint density at radius 3 is 2.36 bits per heavy atom. The smallest absolute Gasteiger partial charge is 0.336 e. The van der Waals surface area contributed by atoms with Gasteiger partial charge in [0.05, 0.1) is 18.8 Å². The van der Waals surface area contributed by atoms with E-state index in [0.717, 1.165) is 16.7 Å². The second-order valence-corrected chi connectivity index (χ2v) is 6.26. The zero-order chi connectivity index (χ0) is 18.6. The van der Waals surface area contributed by atoms with E-state index in [1.165, 1.54) is 0 Å². The van der Waals surface area contributed by atoms with E-state index in [9.17, 15) is 9.90 Å². The first kappa shape index (κ1) is 18.6. The highest BCUT2D eigenvalue weighted by molar-refractivity contribution is 6.21. The highest BCUT2D eigenvalue weighted by Gasteiger charge is 2.14. The van der Waals surface area contributed by atoms with Crippen LogP contribution in [-0.4, -0.2) is 24.3 Å². The maximum Gasteiger partial charge on any atom is 0.336 e. The third-order valence-electron chi connectivity index (χ3n) is 3.76. The van der Waals surface area contributed by atoms with E-state index in [2.05, 4.69) is 0 Å². The number of aryl methyl sites for hydroxylation is 2. The van der Waals surface area contributed by atoms with Crippen molar-refractivity contribution in [1.29, 1.82) is 0 Å². The number of hydrogen-bond acceptors (Lipinski definition) is 3.